The van der Waals surface area contributed by atoms with Gasteiger partial charge in [-0.1, -0.05) is 25.3 Å². The van der Waals surface area contributed by atoms with Crippen molar-refractivity contribution in [1.82, 2.24) is 15.1 Å². The summed E-state index contributed by atoms with van der Waals surface area (Å²) in [4.78, 5) is 0. The average molecular weight is 402 g/mol. The standard InChI is InChI=1S/C25H27N3O2/c1-7-9-25(24-16-23(19(4)26-5)17(2)12-18(24)3)30-22-14-20(13-21(15-22)29-6)28-11-8-10-27-28/h7-16,26H,1,4H2,2-3,5-6H3/b25-9+. The molecule has 0 atom stereocenters. The molecule has 0 saturated heterocycles. The molecule has 0 aliphatic heterocycles. The predicted octanol–water partition coefficient (Wildman–Crippen LogP) is 5.29. The first-order valence-corrected chi connectivity index (χ1v) is 9.65. The summed E-state index contributed by atoms with van der Waals surface area (Å²) >= 11 is 0. The first-order chi connectivity index (χ1) is 14.5. The summed E-state index contributed by atoms with van der Waals surface area (Å²) in [5.74, 6) is 2.01. The molecular formula is C25H27N3O2. The Balaban J connectivity index is 2.06. The molecule has 0 aliphatic rings. The highest BCUT2D eigenvalue weighted by Gasteiger charge is 2.14. The Labute approximate surface area is 178 Å². The van der Waals surface area contributed by atoms with Crippen molar-refractivity contribution >= 4 is 11.5 Å². The quantitative estimate of drug-likeness (QED) is 0.411. The van der Waals surface area contributed by atoms with Gasteiger partial charge in [0.1, 0.15) is 17.3 Å². The Morgan fingerprint density at radius 3 is 2.43 bits per heavy atom. The van der Waals surface area contributed by atoms with Crippen LogP contribution in [0.5, 0.6) is 11.5 Å². The zero-order chi connectivity index (χ0) is 21.7. The molecule has 0 fully saturated rings. The number of hydrogen-bond acceptors (Lipinski definition) is 4. The Kier molecular flexibility index (Phi) is 6.42. The maximum absolute atomic E-state index is 6.33. The second-order valence-corrected chi connectivity index (χ2v) is 6.90. The van der Waals surface area contributed by atoms with E-state index in [0.29, 0.717) is 17.3 Å². The Morgan fingerprint density at radius 1 is 1.07 bits per heavy atom. The fourth-order valence-electron chi connectivity index (χ4n) is 3.28. The highest BCUT2D eigenvalue weighted by Crippen LogP contribution is 2.31. The largest absolute Gasteiger partial charge is 0.497 e. The van der Waals surface area contributed by atoms with Gasteiger partial charge in [-0.15, -0.1) is 0 Å². The molecule has 2 aromatic carbocycles. The van der Waals surface area contributed by atoms with E-state index in [-0.39, 0.29) is 0 Å². The number of nitrogens with zero attached hydrogens (tertiary/aromatic N) is 2. The lowest BCUT2D eigenvalue weighted by molar-refractivity contribution is 0.410. The number of methoxy groups -OCH3 is 1. The summed E-state index contributed by atoms with van der Waals surface area (Å²) in [5.41, 5.74) is 5.96. The average Bonchev–Trinajstić information content (AvgIpc) is 3.28. The van der Waals surface area contributed by atoms with Crippen molar-refractivity contribution in [2.24, 2.45) is 0 Å². The van der Waals surface area contributed by atoms with Gasteiger partial charge in [0, 0.05) is 54.5 Å². The van der Waals surface area contributed by atoms with Crippen LogP contribution in [-0.2, 0) is 0 Å². The molecule has 154 valence electrons. The predicted molar refractivity (Wildman–Crippen MR) is 123 cm³/mol. The maximum Gasteiger partial charge on any atom is 0.134 e. The van der Waals surface area contributed by atoms with Gasteiger partial charge in [-0.2, -0.15) is 5.10 Å². The van der Waals surface area contributed by atoms with Crippen molar-refractivity contribution in [3.63, 3.8) is 0 Å². The van der Waals surface area contributed by atoms with Gasteiger partial charge >= 0.3 is 0 Å². The maximum atomic E-state index is 6.33. The topological polar surface area (TPSA) is 48.3 Å². The molecule has 0 aliphatic carbocycles. The van der Waals surface area contributed by atoms with Crippen molar-refractivity contribution in [2.45, 2.75) is 13.8 Å². The van der Waals surface area contributed by atoms with Gasteiger partial charge in [0.2, 0.25) is 0 Å². The number of aryl methyl sites for hydroxylation is 2. The van der Waals surface area contributed by atoms with E-state index in [9.17, 15) is 0 Å². The van der Waals surface area contributed by atoms with Gasteiger partial charge in [0.05, 0.1) is 12.8 Å². The van der Waals surface area contributed by atoms with E-state index < -0.39 is 0 Å². The van der Waals surface area contributed by atoms with Crippen molar-refractivity contribution < 1.29 is 9.47 Å². The van der Waals surface area contributed by atoms with E-state index in [2.05, 4.69) is 49.6 Å². The van der Waals surface area contributed by atoms with E-state index in [1.54, 1.807) is 24.1 Å². The number of benzene rings is 2. The SMILES string of the molecule is C=C/C=C(/Oc1cc(OC)cc(-n2cccn2)c1)c1cc(C(=C)NC)c(C)cc1C. The summed E-state index contributed by atoms with van der Waals surface area (Å²) in [6.07, 6.45) is 7.18. The third kappa shape index (κ3) is 4.46. The van der Waals surface area contributed by atoms with E-state index in [1.165, 1.54) is 0 Å². The summed E-state index contributed by atoms with van der Waals surface area (Å²) in [6.45, 7) is 12.1. The minimum atomic E-state index is 0.641. The van der Waals surface area contributed by atoms with Crippen LogP contribution in [0.25, 0.3) is 17.1 Å². The van der Waals surface area contributed by atoms with Crippen LogP contribution >= 0.6 is 0 Å². The summed E-state index contributed by atoms with van der Waals surface area (Å²) < 4.78 is 13.6. The molecule has 1 N–H and O–H groups in total. The first kappa shape index (κ1) is 21.0. The number of ether oxygens (including phenoxy) is 2. The van der Waals surface area contributed by atoms with Crippen molar-refractivity contribution in [1.29, 1.82) is 0 Å². The van der Waals surface area contributed by atoms with Crippen LogP contribution in [0.3, 0.4) is 0 Å². The number of rotatable bonds is 8. The minimum absolute atomic E-state index is 0.641. The zero-order valence-electron chi connectivity index (χ0n) is 17.9. The fraction of sp³-hybridized carbons (Fsp3) is 0.160. The Bertz CT molecular complexity index is 1100. The number of hydrogen-bond donors (Lipinski definition) is 1. The van der Waals surface area contributed by atoms with Crippen LogP contribution in [-0.4, -0.2) is 23.9 Å². The molecule has 3 rings (SSSR count). The molecule has 30 heavy (non-hydrogen) atoms. The lowest BCUT2D eigenvalue weighted by atomic mass is 9.97. The molecule has 0 unspecified atom stereocenters. The summed E-state index contributed by atoms with van der Waals surface area (Å²) in [6, 6.07) is 11.8. The zero-order valence-corrected chi connectivity index (χ0v) is 17.9. The molecule has 0 bridgehead atoms. The van der Waals surface area contributed by atoms with E-state index in [0.717, 1.165) is 33.6 Å². The first-order valence-electron chi connectivity index (χ1n) is 9.65. The second-order valence-electron chi connectivity index (χ2n) is 6.90. The van der Waals surface area contributed by atoms with Crippen LogP contribution in [0.1, 0.15) is 22.3 Å². The normalized spacial score (nSPS) is 11.1. The molecular weight excluding hydrogens is 374 g/mol. The smallest absolute Gasteiger partial charge is 0.134 e. The van der Waals surface area contributed by atoms with E-state index >= 15 is 0 Å². The second kappa shape index (κ2) is 9.18. The highest BCUT2D eigenvalue weighted by atomic mass is 16.5. The Hall–Kier alpha value is -3.73. The van der Waals surface area contributed by atoms with Gasteiger partial charge in [0.25, 0.3) is 0 Å². The molecule has 0 radical (unpaired) electrons. The molecule has 0 saturated carbocycles. The molecule has 5 heteroatoms. The third-order valence-corrected chi connectivity index (χ3v) is 4.83. The number of allylic oxidation sites excluding steroid dienone is 2. The highest BCUT2D eigenvalue weighted by molar-refractivity contribution is 5.73. The minimum Gasteiger partial charge on any atom is -0.497 e. The third-order valence-electron chi connectivity index (χ3n) is 4.83. The van der Waals surface area contributed by atoms with Crippen LogP contribution in [0, 0.1) is 13.8 Å². The lowest BCUT2D eigenvalue weighted by Gasteiger charge is -2.18. The van der Waals surface area contributed by atoms with Crippen molar-refractivity contribution in [3.05, 3.63) is 96.4 Å². The molecule has 0 amide bonds. The molecule has 3 aromatic rings. The fourth-order valence-corrected chi connectivity index (χ4v) is 3.28. The molecule has 1 aromatic heterocycles. The number of nitrogens with one attached hydrogen (secondary N) is 1. The van der Waals surface area contributed by atoms with Crippen molar-refractivity contribution in [3.8, 4) is 17.2 Å². The molecule has 1 heterocycles. The lowest BCUT2D eigenvalue weighted by Crippen LogP contribution is -2.07. The summed E-state index contributed by atoms with van der Waals surface area (Å²) in [5, 5.41) is 7.43. The molecule has 0 spiro atoms. The van der Waals surface area contributed by atoms with E-state index in [1.807, 2.05) is 43.6 Å². The van der Waals surface area contributed by atoms with Crippen LogP contribution in [0.15, 0.2) is 74.1 Å². The van der Waals surface area contributed by atoms with Gasteiger partial charge in [-0.25, -0.2) is 4.68 Å². The van der Waals surface area contributed by atoms with E-state index in [4.69, 9.17) is 9.47 Å². The van der Waals surface area contributed by atoms with Crippen LogP contribution in [0.4, 0.5) is 0 Å². The Morgan fingerprint density at radius 2 is 1.80 bits per heavy atom. The van der Waals surface area contributed by atoms with Gasteiger partial charge in [-0.3, -0.25) is 0 Å². The van der Waals surface area contributed by atoms with Crippen LogP contribution in [0.2, 0.25) is 0 Å². The van der Waals surface area contributed by atoms with Gasteiger partial charge in [-0.05, 0) is 43.2 Å². The molecule has 5 nitrogen and oxygen atoms in total. The summed E-state index contributed by atoms with van der Waals surface area (Å²) in [7, 11) is 3.50. The van der Waals surface area contributed by atoms with Gasteiger partial charge in [0.15, 0.2) is 0 Å². The van der Waals surface area contributed by atoms with Crippen LogP contribution < -0.4 is 14.8 Å². The monoisotopic (exact) mass is 401 g/mol. The van der Waals surface area contributed by atoms with Crippen molar-refractivity contribution in [2.75, 3.05) is 14.2 Å². The van der Waals surface area contributed by atoms with Gasteiger partial charge < -0.3 is 14.8 Å². The number of aromatic nitrogens is 2.